The maximum absolute atomic E-state index is 10.8. The van der Waals surface area contributed by atoms with Gasteiger partial charge >= 0.3 is 0 Å². The van der Waals surface area contributed by atoms with Gasteiger partial charge in [0.2, 0.25) is 0 Å². The summed E-state index contributed by atoms with van der Waals surface area (Å²) in [5.74, 6) is 0.908. The Morgan fingerprint density at radius 1 is 1.30 bits per heavy atom. The largest absolute Gasteiger partial charge is 0.508 e. The highest BCUT2D eigenvalue weighted by Crippen LogP contribution is 2.29. The minimum atomic E-state index is -0.405. The number of nitrogens with one attached hydrogen (secondary N) is 1. The van der Waals surface area contributed by atoms with Crippen LogP contribution in [0.3, 0.4) is 0 Å². The molecule has 0 aromatic heterocycles. The van der Waals surface area contributed by atoms with Gasteiger partial charge in [0, 0.05) is 23.8 Å². The van der Waals surface area contributed by atoms with Crippen molar-refractivity contribution in [3.63, 3.8) is 0 Å². The Bertz CT molecular complexity index is 632. The Labute approximate surface area is 120 Å². The van der Waals surface area contributed by atoms with E-state index < -0.39 is 4.92 Å². The molecular formula is C14H14N2O3S. The van der Waals surface area contributed by atoms with Gasteiger partial charge in [-0.1, -0.05) is 12.1 Å². The van der Waals surface area contributed by atoms with Gasteiger partial charge in [-0.2, -0.15) is 0 Å². The number of benzene rings is 2. The highest BCUT2D eigenvalue weighted by Gasteiger charge is 2.12. The molecule has 2 rings (SSSR count). The second-order valence-corrected chi connectivity index (χ2v) is 5.19. The SMILES string of the molecule is CNc1cc(CSc2cccc(O)c2)ccc1[N+](=O)[O-]. The van der Waals surface area contributed by atoms with Gasteiger partial charge in [0.05, 0.1) is 4.92 Å². The lowest BCUT2D eigenvalue weighted by Gasteiger charge is -2.06. The molecule has 0 aliphatic carbocycles. The van der Waals surface area contributed by atoms with Gasteiger partial charge in [0.25, 0.3) is 5.69 Å². The first-order chi connectivity index (χ1) is 9.60. The van der Waals surface area contributed by atoms with Crippen LogP contribution in [-0.2, 0) is 5.75 Å². The Kier molecular flexibility index (Phi) is 4.47. The van der Waals surface area contributed by atoms with Crippen LogP contribution in [0.15, 0.2) is 47.4 Å². The third kappa shape index (κ3) is 3.42. The average Bonchev–Trinajstić information content (AvgIpc) is 2.44. The van der Waals surface area contributed by atoms with E-state index in [-0.39, 0.29) is 11.4 Å². The first-order valence-corrected chi connectivity index (χ1v) is 6.95. The molecule has 2 aromatic carbocycles. The zero-order valence-corrected chi connectivity index (χ0v) is 11.7. The summed E-state index contributed by atoms with van der Waals surface area (Å²) in [5, 5.41) is 23.1. The molecule has 0 amide bonds. The molecule has 2 aromatic rings. The third-order valence-corrected chi connectivity index (χ3v) is 3.82. The van der Waals surface area contributed by atoms with E-state index >= 15 is 0 Å². The molecule has 0 bridgehead atoms. The molecule has 0 aliphatic heterocycles. The van der Waals surface area contributed by atoms with E-state index in [9.17, 15) is 15.2 Å². The molecule has 0 atom stereocenters. The molecular weight excluding hydrogens is 276 g/mol. The fourth-order valence-corrected chi connectivity index (χ4v) is 2.66. The molecule has 104 valence electrons. The van der Waals surface area contributed by atoms with Crippen molar-refractivity contribution in [2.45, 2.75) is 10.6 Å². The van der Waals surface area contributed by atoms with Crippen molar-refractivity contribution >= 4 is 23.1 Å². The number of thioether (sulfide) groups is 1. The summed E-state index contributed by atoms with van der Waals surface area (Å²) in [4.78, 5) is 11.4. The number of hydrogen-bond donors (Lipinski definition) is 2. The van der Waals surface area contributed by atoms with Crippen molar-refractivity contribution in [2.24, 2.45) is 0 Å². The topological polar surface area (TPSA) is 75.4 Å². The fourth-order valence-electron chi connectivity index (χ4n) is 1.77. The number of hydrogen-bond acceptors (Lipinski definition) is 5. The summed E-state index contributed by atoms with van der Waals surface area (Å²) in [6, 6.07) is 12.0. The highest BCUT2D eigenvalue weighted by atomic mass is 32.2. The van der Waals surface area contributed by atoms with Crippen LogP contribution in [0.2, 0.25) is 0 Å². The molecule has 5 nitrogen and oxygen atoms in total. The lowest BCUT2D eigenvalue weighted by molar-refractivity contribution is -0.383. The molecule has 0 saturated carbocycles. The van der Waals surface area contributed by atoms with Crippen molar-refractivity contribution in [2.75, 3.05) is 12.4 Å². The van der Waals surface area contributed by atoms with Crippen LogP contribution in [-0.4, -0.2) is 17.1 Å². The summed E-state index contributed by atoms with van der Waals surface area (Å²) in [6.45, 7) is 0. The predicted octanol–water partition coefficient (Wildman–Crippen LogP) is 3.63. The third-order valence-electron chi connectivity index (χ3n) is 2.75. The molecule has 0 fully saturated rings. The monoisotopic (exact) mass is 290 g/mol. The number of phenols is 1. The molecule has 6 heteroatoms. The Morgan fingerprint density at radius 2 is 2.10 bits per heavy atom. The molecule has 0 aliphatic rings. The van der Waals surface area contributed by atoms with E-state index in [0.717, 1.165) is 10.5 Å². The van der Waals surface area contributed by atoms with Gasteiger partial charge in [0.15, 0.2) is 0 Å². The van der Waals surface area contributed by atoms with Crippen molar-refractivity contribution in [3.05, 3.63) is 58.1 Å². The normalized spacial score (nSPS) is 10.2. The second-order valence-electron chi connectivity index (χ2n) is 4.14. The van der Waals surface area contributed by atoms with E-state index in [1.165, 1.54) is 6.07 Å². The van der Waals surface area contributed by atoms with E-state index in [1.54, 1.807) is 49.1 Å². The van der Waals surface area contributed by atoms with Gasteiger partial charge in [-0.15, -0.1) is 11.8 Å². The van der Waals surface area contributed by atoms with Gasteiger partial charge < -0.3 is 10.4 Å². The predicted molar refractivity (Wildman–Crippen MR) is 80.3 cm³/mol. The van der Waals surface area contributed by atoms with Crippen LogP contribution in [0.4, 0.5) is 11.4 Å². The minimum absolute atomic E-state index is 0.0682. The van der Waals surface area contributed by atoms with Crippen LogP contribution in [0.25, 0.3) is 0 Å². The molecule has 0 spiro atoms. The number of anilines is 1. The van der Waals surface area contributed by atoms with Gasteiger partial charge in [0.1, 0.15) is 11.4 Å². The lowest BCUT2D eigenvalue weighted by atomic mass is 10.2. The first-order valence-electron chi connectivity index (χ1n) is 5.97. The molecule has 0 unspecified atom stereocenters. The van der Waals surface area contributed by atoms with Crippen LogP contribution < -0.4 is 5.32 Å². The van der Waals surface area contributed by atoms with Crippen LogP contribution >= 0.6 is 11.8 Å². The van der Waals surface area contributed by atoms with Crippen molar-refractivity contribution in [3.8, 4) is 5.75 Å². The Morgan fingerprint density at radius 3 is 2.75 bits per heavy atom. The average molecular weight is 290 g/mol. The summed E-state index contributed by atoms with van der Waals surface area (Å²) < 4.78 is 0. The quantitative estimate of drug-likeness (QED) is 0.499. The second kappa shape index (κ2) is 6.29. The highest BCUT2D eigenvalue weighted by molar-refractivity contribution is 7.98. The smallest absolute Gasteiger partial charge is 0.292 e. The molecule has 2 N–H and O–H groups in total. The number of rotatable bonds is 5. The lowest BCUT2D eigenvalue weighted by Crippen LogP contribution is -1.97. The van der Waals surface area contributed by atoms with E-state index in [1.807, 2.05) is 6.07 Å². The number of nitrogens with zero attached hydrogens (tertiary/aromatic N) is 1. The minimum Gasteiger partial charge on any atom is -0.508 e. The van der Waals surface area contributed by atoms with Gasteiger partial charge in [-0.3, -0.25) is 10.1 Å². The summed E-state index contributed by atoms with van der Waals surface area (Å²) in [7, 11) is 1.66. The van der Waals surface area contributed by atoms with Crippen LogP contribution in [0.1, 0.15) is 5.56 Å². The standard InChI is InChI=1S/C14H14N2O3S/c1-15-13-7-10(5-6-14(13)16(18)19)9-20-12-4-2-3-11(17)8-12/h2-8,15,17H,9H2,1H3. The van der Waals surface area contributed by atoms with E-state index in [4.69, 9.17) is 0 Å². The number of nitro groups is 1. The number of nitro benzene ring substituents is 1. The van der Waals surface area contributed by atoms with Gasteiger partial charge in [-0.05, 0) is 29.8 Å². The van der Waals surface area contributed by atoms with Crippen LogP contribution in [0, 0.1) is 10.1 Å². The molecule has 0 radical (unpaired) electrons. The summed E-state index contributed by atoms with van der Waals surface area (Å²) >= 11 is 1.56. The zero-order chi connectivity index (χ0) is 14.5. The summed E-state index contributed by atoms with van der Waals surface area (Å²) in [5.41, 5.74) is 1.55. The van der Waals surface area contributed by atoms with E-state index in [2.05, 4.69) is 5.32 Å². The molecule has 20 heavy (non-hydrogen) atoms. The maximum atomic E-state index is 10.8. The first kappa shape index (κ1) is 14.2. The maximum Gasteiger partial charge on any atom is 0.292 e. The van der Waals surface area contributed by atoms with Crippen molar-refractivity contribution in [1.82, 2.24) is 0 Å². The van der Waals surface area contributed by atoms with Crippen molar-refractivity contribution < 1.29 is 10.0 Å². The van der Waals surface area contributed by atoms with Crippen molar-refractivity contribution in [1.29, 1.82) is 0 Å². The number of aromatic hydroxyl groups is 1. The van der Waals surface area contributed by atoms with Gasteiger partial charge in [-0.25, -0.2) is 0 Å². The molecule has 0 heterocycles. The Balaban J connectivity index is 2.12. The van der Waals surface area contributed by atoms with E-state index in [0.29, 0.717) is 11.4 Å². The Hall–Kier alpha value is -2.21. The zero-order valence-electron chi connectivity index (χ0n) is 10.9. The number of phenolic OH excluding ortho intramolecular Hbond substituents is 1. The fraction of sp³-hybridized carbons (Fsp3) is 0.143. The summed E-state index contributed by atoms with van der Waals surface area (Å²) in [6.07, 6.45) is 0. The molecule has 0 saturated heterocycles. The van der Waals surface area contributed by atoms with Crippen LogP contribution in [0.5, 0.6) is 5.75 Å².